The molecule has 0 atom stereocenters. The number of benzene rings is 2. The maximum Gasteiger partial charge on any atom is 0.196 e. The van der Waals surface area contributed by atoms with Crippen molar-refractivity contribution in [3.05, 3.63) is 66.0 Å². The molecule has 0 radical (unpaired) electrons. The highest BCUT2D eigenvalue weighted by Gasteiger charge is 2.14. The molecule has 0 unspecified atom stereocenters. The molecule has 0 N–H and O–H groups in total. The van der Waals surface area contributed by atoms with Crippen LogP contribution in [0, 0.1) is 0 Å². The molecule has 0 aliphatic heterocycles. The molecular weight excluding hydrogens is 346 g/mol. The Bertz CT molecular complexity index is 875. The van der Waals surface area contributed by atoms with Gasteiger partial charge in [-0.25, -0.2) is 0 Å². The second kappa shape index (κ2) is 8.67. The first-order chi connectivity index (χ1) is 12.7. The molecule has 1 aromatic heterocycles. The highest BCUT2D eigenvalue weighted by atomic mass is 32.2. The Kier molecular flexibility index (Phi) is 6.07. The van der Waals surface area contributed by atoms with Crippen molar-refractivity contribution in [2.45, 2.75) is 24.9 Å². The number of Topliss-reactive ketones (excluding diaryl/α,β-unsaturated/α-hetero) is 1. The molecule has 0 saturated carbocycles. The molecule has 134 valence electrons. The molecule has 26 heavy (non-hydrogen) atoms. The van der Waals surface area contributed by atoms with E-state index in [9.17, 15) is 4.79 Å². The van der Waals surface area contributed by atoms with Gasteiger partial charge in [-0.2, -0.15) is 0 Å². The lowest BCUT2D eigenvalue weighted by molar-refractivity contribution is 0.102. The monoisotopic (exact) mass is 367 g/mol. The van der Waals surface area contributed by atoms with E-state index in [1.165, 1.54) is 17.3 Å². The van der Waals surface area contributed by atoms with E-state index < -0.39 is 0 Å². The molecule has 0 aliphatic carbocycles. The van der Waals surface area contributed by atoms with Crippen LogP contribution in [0.2, 0.25) is 0 Å². The minimum atomic E-state index is 0.0765. The molecule has 0 bridgehead atoms. The Morgan fingerprint density at radius 1 is 1.15 bits per heavy atom. The molecule has 0 saturated heterocycles. The predicted molar refractivity (Wildman–Crippen MR) is 103 cm³/mol. The van der Waals surface area contributed by atoms with Crippen LogP contribution in [0.25, 0.3) is 5.69 Å². The number of aryl methyl sites for hydroxylation is 1. The Hall–Kier alpha value is -2.60. The molecule has 2 aromatic carbocycles. The van der Waals surface area contributed by atoms with Gasteiger partial charge in [0.05, 0.1) is 18.6 Å². The van der Waals surface area contributed by atoms with Crippen molar-refractivity contribution in [1.29, 1.82) is 0 Å². The third-order valence-corrected chi connectivity index (χ3v) is 4.95. The Balaban J connectivity index is 1.71. The van der Waals surface area contributed by atoms with Crippen LogP contribution in [-0.2, 0) is 6.42 Å². The van der Waals surface area contributed by atoms with Gasteiger partial charge in [0.15, 0.2) is 10.9 Å². The molecule has 5 nitrogen and oxygen atoms in total. The first kappa shape index (κ1) is 18.2. The molecule has 3 rings (SSSR count). The van der Waals surface area contributed by atoms with Gasteiger partial charge >= 0.3 is 0 Å². The summed E-state index contributed by atoms with van der Waals surface area (Å²) >= 11 is 1.37. The van der Waals surface area contributed by atoms with Crippen LogP contribution in [0.15, 0.2) is 60.0 Å². The zero-order valence-corrected chi connectivity index (χ0v) is 15.7. The number of ether oxygens (including phenoxy) is 1. The summed E-state index contributed by atoms with van der Waals surface area (Å²) in [5.74, 6) is 1.11. The zero-order chi connectivity index (χ0) is 18.4. The van der Waals surface area contributed by atoms with Crippen molar-refractivity contribution in [2.75, 3.05) is 12.9 Å². The highest BCUT2D eigenvalue weighted by Crippen LogP contribution is 2.27. The van der Waals surface area contributed by atoms with Crippen LogP contribution in [0.5, 0.6) is 5.75 Å². The van der Waals surface area contributed by atoms with Crippen molar-refractivity contribution < 1.29 is 9.53 Å². The summed E-state index contributed by atoms with van der Waals surface area (Å²) in [5.41, 5.74) is 2.83. The summed E-state index contributed by atoms with van der Waals surface area (Å²) < 4.78 is 7.23. The second-order valence-corrected chi connectivity index (χ2v) is 6.76. The fourth-order valence-electron chi connectivity index (χ4n) is 2.68. The number of carbonyl (C=O) groups is 1. The third-order valence-electron chi connectivity index (χ3n) is 4.01. The van der Waals surface area contributed by atoms with E-state index in [1.807, 2.05) is 53.1 Å². The van der Waals surface area contributed by atoms with Gasteiger partial charge < -0.3 is 4.74 Å². The molecule has 1 heterocycles. The number of methoxy groups -OCH3 is 1. The molecule has 0 amide bonds. The number of rotatable bonds is 8. The van der Waals surface area contributed by atoms with Crippen LogP contribution in [0.4, 0.5) is 0 Å². The lowest BCUT2D eigenvalue weighted by atomic mass is 10.1. The van der Waals surface area contributed by atoms with E-state index in [0.717, 1.165) is 29.8 Å². The molecular formula is C20H21N3O2S. The molecule has 6 heteroatoms. The normalized spacial score (nSPS) is 10.7. The summed E-state index contributed by atoms with van der Waals surface area (Å²) in [6, 6.07) is 15.5. The fraction of sp³-hybridized carbons (Fsp3) is 0.250. The van der Waals surface area contributed by atoms with Crippen LogP contribution in [0.3, 0.4) is 0 Å². The van der Waals surface area contributed by atoms with E-state index in [-0.39, 0.29) is 5.78 Å². The molecule has 3 aromatic rings. The average molecular weight is 367 g/mol. The van der Waals surface area contributed by atoms with E-state index in [0.29, 0.717) is 10.9 Å². The van der Waals surface area contributed by atoms with Gasteiger partial charge in [0.25, 0.3) is 0 Å². The van der Waals surface area contributed by atoms with Crippen molar-refractivity contribution in [2.24, 2.45) is 0 Å². The first-order valence-corrected chi connectivity index (χ1v) is 9.50. The van der Waals surface area contributed by atoms with Crippen molar-refractivity contribution in [3.8, 4) is 11.4 Å². The second-order valence-electron chi connectivity index (χ2n) is 5.81. The van der Waals surface area contributed by atoms with Gasteiger partial charge in [-0.3, -0.25) is 9.36 Å². The van der Waals surface area contributed by atoms with Gasteiger partial charge in [-0.1, -0.05) is 61.5 Å². The quantitative estimate of drug-likeness (QED) is 0.441. The maximum atomic E-state index is 12.5. The zero-order valence-electron chi connectivity index (χ0n) is 14.9. The number of para-hydroxylation sites is 2. The minimum Gasteiger partial charge on any atom is -0.495 e. The predicted octanol–water partition coefficient (Wildman–Crippen LogP) is 4.20. The molecule has 0 fully saturated rings. The molecule has 0 aliphatic rings. The molecule has 0 spiro atoms. The van der Waals surface area contributed by atoms with E-state index in [1.54, 1.807) is 13.4 Å². The topological polar surface area (TPSA) is 57.0 Å². The number of hydrogen-bond donors (Lipinski definition) is 0. The largest absolute Gasteiger partial charge is 0.495 e. The van der Waals surface area contributed by atoms with Crippen LogP contribution < -0.4 is 4.74 Å². The Morgan fingerprint density at radius 3 is 2.65 bits per heavy atom. The third kappa shape index (κ3) is 4.14. The average Bonchev–Trinajstić information content (AvgIpc) is 3.15. The maximum absolute atomic E-state index is 12.5. The summed E-state index contributed by atoms with van der Waals surface area (Å²) in [6.07, 6.45) is 3.76. The summed E-state index contributed by atoms with van der Waals surface area (Å²) in [4.78, 5) is 12.5. The summed E-state index contributed by atoms with van der Waals surface area (Å²) in [6.45, 7) is 2.15. The minimum absolute atomic E-state index is 0.0765. The van der Waals surface area contributed by atoms with Gasteiger partial charge in [-0.15, -0.1) is 10.2 Å². The van der Waals surface area contributed by atoms with E-state index in [4.69, 9.17) is 4.74 Å². The first-order valence-electron chi connectivity index (χ1n) is 8.51. The van der Waals surface area contributed by atoms with Gasteiger partial charge in [0, 0.05) is 5.56 Å². The SMILES string of the molecule is CCCc1ccc(C(=O)CSc2nncn2-c2ccccc2OC)cc1. The van der Waals surface area contributed by atoms with Gasteiger partial charge in [0.2, 0.25) is 0 Å². The summed E-state index contributed by atoms with van der Waals surface area (Å²) in [5, 5.41) is 8.78. The number of nitrogens with zero attached hydrogens (tertiary/aromatic N) is 3. The number of ketones is 1. The van der Waals surface area contributed by atoms with Crippen molar-refractivity contribution in [3.63, 3.8) is 0 Å². The smallest absolute Gasteiger partial charge is 0.196 e. The van der Waals surface area contributed by atoms with Crippen LogP contribution in [0.1, 0.15) is 29.3 Å². The fourth-order valence-corrected chi connectivity index (χ4v) is 3.49. The van der Waals surface area contributed by atoms with Gasteiger partial charge in [-0.05, 0) is 24.1 Å². The van der Waals surface area contributed by atoms with Crippen LogP contribution >= 0.6 is 11.8 Å². The lowest BCUT2D eigenvalue weighted by Gasteiger charge is -2.10. The standard InChI is InChI=1S/C20H21N3O2S/c1-3-6-15-9-11-16(12-10-15)18(24)13-26-20-22-21-14-23(20)17-7-4-5-8-19(17)25-2/h4-5,7-12,14H,3,6,13H2,1-2H3. The number of carbonyl (C=O) groups excluding carboxylic acids is 1. The highest BCUT2D eigenvalue weighted by molar-refractivity contribution is 7.99. The number of hydrogen-bond acceptors (Lipinski definition) is 5. The summed E-state index contributed by atoms with van der Waals surface area (Å²) in [7, 11) is 1.63. The lowest BCUT2D eigenvalue weighted by Crippen LogP contribution is -2.05. The van der Waals surface area contributed by atoms with Crippen molar-refractivity contribution in [1.82, 2.24) is 14.8 Å². The van der Waals surface area contributed by atoms with Crippen molar-refractivity contribution >= 4 is 17.5 Å². The van der Waals surface area contributed by atoms with Gasteiger partial charge in [0.1, 0.15) is 12.1 Å². The van der Waals surface area contributed by atoms with E-state index >= 15 is 0 Å². The number of thioether (sulfide) groups is 1. The Morgan fingerprint density at radius 2 is 1.92 bits per heavy atom. The van der Waals surface area contributed by atoms with E-state index in [2.05, 4.69) is 17.1 Å². The van der Waals surface area contributed by atoms with Crippen LogP contribution in [-0.4, -0.2) is 33.4 Å². The number of aromatic nitrogens is 3. The Labute approximate surface area is 157 Å².